The third kappa shape index (κ3) is 5.75. The Morgan fingerprint density at radius 1 is 1.40 bits per heavy atom. The predicted molar refractivity (Wildman–Crippen MR) is 79.6 cm³/mol. The van der Waals surface area contributed by atoms with Gasteiger partial charge in [0.05, 0.1) is 0 Å². The molecule has 1 rings (SSSR count). The standard InChI is InChI=1S/C14H21FN2O2.ClH/c1-14(2,9-16)10-17(3)13(18)8-19-12-7-5-4-6-11(12)15;/h4-7H,8-10,16H2,1-3H3;1H. The van der Waals surface area contributed by atoms with E-state index in [0.29, 0.717) is 13.1 Å². The lowest BCUT2D eigenvalue weighted by Crippen LogP contribution is -2.41. The third-order valence-corrected chi connectivity index (χ3v) is 2.83. The SMILES string of the molecule is CN(CC(C)(C)CN)C(=O)COc1ccccc1F.Cl. The summed E-state index contributed by atoms with van der Waals surface area (Å²) in [7, 11) is 1.68. The van der Waals surface area contributed by atoms with Gasteiger partial charge in [-0.15, -0.1) is 12.4 Å². The van der Waals surface area contributed by atoms with Crippen molar-refractivity contribution in [2.75, 3.05) is 26.7 Å². The second-order valence-corrected chi connectivity index (χ2v) is 5.34. The lowest BCUT2D eigenvalue weighted by molar-refractivity contribution is -0.133. The van der Waals surface area contributed by atoms with Gasteiger partial charge in [-0.1, -0.05) is 26.0 Å². The van der Waals surface area contributed by atoms with Crippen LogP contribution in [-0.4, -0.2) is 37.6 Å². The number of para-hydroxylation sites is 1. The maximum absolute atomic E-state index is 13.3. The van der Waals surface area contributed by atoms with Crippen LogP contribution >= 0.6 is 12.4 Å². The number of amides is 1. The molecule has 0 aliphatic rings. The molecule has 0 aliphatic carbocycles. The summed E-state index contributed by atoms with van der Waals surface area (Å²) in [6.45, 7) is 4.79. The van der Waals surface area contributed by atoms with Crippen LogP contribution in [0, 0.1) is 11.2 Å². The van der Waals surface area contributed by atoms with Crippen LogP contribution in [0.25, 0.3) is 0 Å². The van der Waals surface area contributed by atoms with Crippen LogP contribution in [0.15, 0.2) is 24.3 Å². The fourth-order valence-electron chi connectivity index (χ4n) is 1.61. The molecule has 1 amide bonds. The van der Waals surface area contributed by atoms with Gasteiger partial charge < -0.3 is 15.4 Å². The van der Waals surface area contributed by atoms with Crippen LogP contribution in [0.1, 0.15) is 13.8 Å². The third-order valence-electron chi connectivity index (χ3n) is 2.83. The number of likely N-dealkylation sites (N-methyl/N-ethyl adjacent to an activating group) is 1. The quantitative estimate of drug-likeness (QED) is 0.875. The van der Waals surface area contributed by atoms with E-state index < -0.39 is 5.82 Å². The number of nitrogens with zero attached hydrogens (tertiary/aromatic N) is 1. The second-order valence-electron chi connectivity index (χ2n) is 5.34. The van der Waals surface area contributed by atoms with Gasteiger partial charge in [-0.3, -0.25) is 4.79 Å². The van der Waals surface area contributed by atoms with Crippen molar-refractivity contribution in [1.29, 1.82) is 0 Å². The highest BCUT2D eigenvalue weighted by atomic mass is 35.5. The molecule has 0 aromatic heterocycles. The number of halogens is 2. The molecule has 0 spiro atoms. The van der Waals surface area contributed by atoms with E-state index in [1.54, 1.807) is 24.1 Å². The average Bonchev–Trinajstić information content (AvgIpc) is 2.37. The minimum absolute atomic E-state index is 0. The Kier molecular flexibility index (Phi) is 7.53. The zero-order chi connectivity index (χ0) is 14.5. The number of rotatable bonds is 6. The van der Waals surface area contributed by atoms with E-state index in [1.807, 2.05) is 13.8 Å². The molecule has 0 unspecified atom stereocenters. The van der Waals surface area contributed by atoms with Crippen molar-refractivity contribution in [2.45, 2.75) is 13.8 Å². The summed E-state index contributed by atoms with van der Waals surface area (Å²) in [6, 6.07) is 6.01. The molecule has 0 saturated carbocycles. The molecule has 20 heavy (non-hydrogen) atoms. The second kappa shape index (κ2) is 8.07. The number of carbonyl (C=O) groups excluding carboxylic acids is 1. The Bertz CT molecular complexity index is 441. The van der Waals surface area contributed by atoms with Crippen molar-refractivity contribution >= 4 is 18.3 Å². The zero-order valence-corrected chi connectivity index (χ0v) is 12.9. The van der Waals surface area contributed by atoms with Gasteiger partial charge in [0, 0.05) is 13.6 Å². The van der Waals surface area contributed by atoms with Gasteiger partial charge in [0.1, 0.15) is 0 Å². The smallest absolute Gasteiger partial charge is 0.260 e. The lowest BCUT2D eigenvalue weighted by Gasteiger charge is -2.29. The highest BCUT2D eigenvalue weighted by Gasteiger charge is 2.21. The van der Waals surface area contributed by atoms with Crippen molar-refractivity contribution in [2.24, 2.45) is 11.1 Å². The first kappa shape index (κ1) is 18.7. The maximum Gasteiger partial charge on any atom is 0.260 e. The fraction of sp³-hybridized carbons (Fsp3) is 0.500. The molecule has 2 N–H and O–H groups in total. The molecule has 0 bridgehead atoms. The molecular formula is C14H22ClFN2O2. The van der Waals surface area contributed by atoms with Crippen molar-refractivity contribution < 1.29 is 13.9 Å². The summed E-state index contributed by atoms with van der Waals surface area (Å²) < 4.78 is 18.5. The molecule has 0 fully saturated rings. The molecule has 6 heteroatoms. The first-order valence-corrected chi connectivity index (χ1v) is 6.17. The van der Waals surface area contributed by atoms with Gasteiger partial charge in [-0.25, -0.2) is 4.39 Å². The molecule has 0 aliphatic heterocycles. The predicted octanol–water partition coefficient (Wildman–Crippen LogP) is 2.07. The number of hydrogen-bond donors (Lipinski definition) is 1. The van der Waals surface area contributed by atoms with Crippen molar-refractivity contribution in [1.82, 2.24) is 4.90 Å². The van der Waals surface area contributed by atoms with Crippen LogP contribution in [0.3, 0.4) is 0 Å². The van der Waals surface area contributed by atoms with Gasteiger partial charge in [0.15, 0.2) is 18.2 Å². The molecule has 0 radical (unpaired) electrons. The minimum Gasteiger partial charge on any atom is -0.481 e. The van der Waals surface area contributed by atoms with E-state index in [-0.39, 0.29) is 36.1 Å². The van der Waals surface area contributed by atoms with Crippen molar-refractivity contribution in [3.05, 3.63) is 30.1 Å². The van der Waals surface area contributed by atoms with Gasteiger partial charge in [0.2, 0.25) is 0 Å². The van der Waals surface area contributed by atoms with E-state index in [2.05, 4.69) is 0 Å². The van der Waals surface area contributed by atoms with Gasteiger partial charge in [-0.2, -0.15) is 0 Å². The van der Waals surface area contributed by atoms with Crippen molar-refractivity contribution in [3.63, 3.8) is 0 Å². The summed E-state index contributed by atoms with van der Waals surface area (Å²) in [5, 5.41) is 0. The largest absolute Gasteiger partial charge is 0.481 e. The molecule has 1 aromatic carbocycles. The molecule has 4 nitrogen and oxygen atoms in total. The molecule has 114 valence electrons. The maximum atomic E-state index is 13.3. The topological polar surface area (TPSA) is 55.6 Å². The van der Waals surface area contributed by atoms with Crippen LogP contribution in [0.5, 0.6) is 5.75 Å². The number of nitrogens with two attached hydrogens (primary N) is 1. The average molecular weight is 305 g/mol. The van der Waals surface area contributed by atoms with E-state index in [1.165, 1.54) is 12.1 Å². The monoisotopic (exact) mass is 304 g/mol. The Labute approximate surface area is 125 Å². The Balaban J connectivity index is 0.00000361. The summed E-state index contributed by atoms with van der Waals surface area (Å²) >= 11 is 0. The van der Waals surface area contributed by atoms with E-state index >= 15 is 0 Å². The minimum atomic E-state index is -0.472. The van der Waals surface area contributed by atoms with E-state index in [4.69, 9.17) is 10.5 Å². The zero-order valence-electron chi connectivity index (χ0n) is 12.1. The molecule has 0 atom stereocenters. The normalized spacial score (nSPS) is 10.7. The Morgan fingerprint density at radius 2 is 2.00 bits per heavy atom. The number of hydrogen-bond acceptors (Lipinski definition) is 3. The highest BCUT2D eigenvalue weighted by Crippen LogP contribution is 2.16. The Morgan fingerprint density at radius 3 is 2.55 bits per heavy atom. The van der Waals surface area contributed by atoms with Gasteiger partial charge in [0.25, 0.3) is 5.91 Å². The first-order valence-electron chi connectivity index (χ1n) is 6.17. The van der Waals surface area contributed by atoms with Crippen LogP contribution in [0.2, 0.25) is 0 Å². The number of benzene rings is 1. The van der Waals surface area contributed by atoms with Crippen LogP contribution < -0.4 is 10.5 Å². The summed E-state index contributed by atoms with van der Waals surface area (Å²) in [5.74, 6) is -0.590. The summed E-state index contributed by atoms with van der Waals surface area (Å²) in [5.41, 5.74) is 5.47. The fourth-order valence-corrected chi connectivity index (χ4v) is 1.61. The number of ether oxygens (including phenoxy) is 1. The van der Waals surface area contributed by atoms with Crippen molar-refractivity contribution in [3.8, 4) is 5.75 Å². The lowest BCUT2D eigenvalue weighted by atomic mass is 9.93. The highest BCUT2D eigenvalue weighted by molar-refractivity contribution is 5.85. The summed E-state index contributed by atoms with van der Waals surface area (Å²) in [4.78, 5) is 13.4. The molecule has 1 aromatic rings. The molecule has 0 heterocycles. The number of carbonyl (C=O) groups is 1. The Hall–Kier alpha value is -1.33. The van der Waals surface area contributed by atoms with Gasteiger partial charge >= 0.3 is 0 Å². The van der Waals surface area contributed by atoms with Crippen LogP contribution in [0.4, 0.5) is 4.39 Å². The van der Waals surface area contributed by atoms with Gasteiger partial charge in [-0.05, 0) is 24.1 Å². The van der Waals surface area contributed by atoms with E-state index in [9.17, 15) is 9.18 Å². The first-order chi connectivity index (χ1) is 8.85. The molecule has 0 saturated heterocycles. The van der Waals surface area contributed by atoms with E-state index in [0.717, 1.165) is 0 Å². The summed E-state index contributed by atoms with van der Waals surface area (Å²) in [6.07, 6.45) is 0. The van der Waals surface area contributed by atoms with Crippen LogP contribution in [-0.2, 0) is 4.79 Å². The molecular weight excluding hydrogens is 283 g/mol.